The second kappa shape index (κ2) is 1.97. The largest absolute Gasteiger partial charge is 0.393 e. The summed E-state index contributed by atoms with van der Waals surface area (Å²) in [6.07, 6.45) is 6.41. The van der Waals surface area contributed by atoms with Crippen molar-refractivity contribution in [2.45, 2.75) is 45.1 Å². The molecule has 0 heterocycles. The van der Waals surface area contributed by atoms with Crippen molar-refractivity contribution in [3.63, 3.8) is 0 Å². The second-order valence-electron chi connectivity index (χ2n) is 4.24. The van der Waals surface area contributed by atoms with Gasteiger partial charge in [0.25, 0.3) is 0 Å². The van der Waals surface area contributed by atoms with Gasteiger partial charge in [-0.1, -0.05) is 13.3 Å². The molecule has 0 aromatic heterocycles. The predicted octanol–water partition coefficient (Wildman–Crippen LogP) is 1.95. The van der Waals surface area contributed by atoms with E-state index in [1.54, 1.807) is 0 Å². The molecule has 1 spiro atoms. The standard InChI is InChI=1S/C9H16O/c1-2-7-3-9(4-7)5-8(10)6-9/h7-8,10H,2-6H2,1H3. The van der Waals surface area contributed by atoms with E-state index in [4.69, 9.17) is 5.11 Å². The summed E-state index contributed by atoms with van der Waals surface area (Å²) in [4.78, 5) is 0. The smallest absolute Gasteiger partial charge is 0.0550 e. The van der Waals surface area contributed by atoms with E-state index in [2.05, 4.69) is 6.92 Å². The molecule has 0 bridgehead atoms. The average molecular weight is 140 g/mol. The second-order valence-corrected chi connectivity index (χ2v) is 4.24. The minimum Gasteiger partial charge on any atom is -0.393 e. The van der Waals surface area contributed by atoms with Crippen molar-refractivity contribution < 1.29 is 5.11 Å². The lowest BCUT2D eigenvalue weighted by Crippen LogP contribution is -2.49. The van der Waals surface area contributed by atoms with Crippen LogP contribution in [-0.2, 0) is 0 Å². The van der Waals surface area contributed by atoms with E-state index in [9.17, 15) is 0 Å². The summed E-state index contributed by atoms with van der Waals surface area (Å²) >= 11 is 0. The lowest BCUT2D eigenvalue weighted by Gasteiger charge is -2.56. The van der Waals surface area contributed by atoms with Crippen molar-refractivity contribution in [1.82, 2.24) is 0 Å². The molecule has 0 radical (unpaired) electrons. The van der Waals surface area contributed by atoms with Crippen molar-refractivity contribution in [3.05, 3.63) is 0 Å². The van der Waals surface area contributed by atoms with Gasteiger partial charge in [-0.2, -0.15) is 0 Å². The SMILES string of the molecule is CCC1CC2(CC(O)C2)C1. The Morgan fingerprint density at radius 1 is 1.30 bits per heavy atom. The Labute approximate surface area is 62.4 Å². The van der Waals surface area contributed by atoms with E-state index in [0.717, 1.165) is 18.8 Å². The van der Waals surface area contributed by atoms with Crippen LogP contribution >= 0.6 is 0 Å². The number of hydrogen-bond donors (Lipinski definition) is 1. The third-order valence-electron chi connectivity index (χ3n) is 3.36. The molecule has 0 atom stereocenters. The van der Waals surface area contributed by atoms with Crippen LogP contribution in [0.4, 0.5) is 0 Å². The van der Waals surface area contributed by atoms with Crippen molar-refractivity contribution in [2.75, 3.05) is 0 Å². The Hall–Kier alpha value is -0.0400. The summed E-state index contributed by atoms with van der Waals surface area (Å²) in [6.45, 7) is 2.27. The monoisotopic (exact) mass is 140 g/mol. The first-order valence-corrected chi connectivity index (χ1v) is 4.42. The van der Waals surface area contributed by atoms with Gasteiger partial charge in [-0.3, -0.25) is 0 Å². The molecule has 0 amide bonds. The van der Waals surface area contributed by atoms with Crippen molar-refractivity contribution in [1.29, 1.82) is 0 Å². The molecule has 0 aromatic carbocycles. The molecule has 2 aliphatic rings. The molecule has 1 nitrogen and oxygen atoms in total. The first-order valence-electron chi connectivity index (χ1n) is 4.42. The molecule has 58 valence electrons. The third kappa shape index (κ3) is 0.800. The van der Waals surface area contributed by atoms with Crippen LogP contribution < -0.4 is 0 Å². The molecule has 0 aliphatic heterocycles. The molecule has 2 aliphatic carbocycles. The maximum Gasteiger partial charge on any atom is 0.0550 e. The highest BCUT2D eigenvalue weighted by Crippen LogP contribution is 2.59. The number of rotatable bonds is 1. The van der Waals surface area contributed by atoms with Gasteiger partial charge in [0, 0.05) is 0 Å². The molecule has 0 saturated heterocycles. The maximum atomic E-state index is 9.11. The average Bonchev–Trinajstić information content (AvgIpc) is 1.74. The van der Waals surface area contributed by atoms with Gasteiger partial charge in [-0.25, -0.2) is 0 Å². The fourth-order valence-corrected chi connectivity index (χ4v) is 2.73. The Morgan fingerprint density at radius 2 is 1.90 bits per heavy atom. The number of aliphatic hydroxyl groups is 1. The zero-order chi connectivity index (χ0) is 7.19. The Bertz CT molecular complexity index is 128. The fraction of sp³-hybridized carbons (Fsp3) is 1.00. The normalized spacial score (nSPS) is 52.2. The van der Waals surface area contributed by atoms with Gasteiger partial charge in [0.2, 0.25) is 0 Å². The maximum absolute atomic E-state index is 9.11. The van der Waals surface area contributed by atoms with Crippen molar-refractivity contribution in [2.24, 2.45) is 11.3 Å². The molecule has 10 heavy (non-hydrogen) atoms. The van der Waals surface area contributed by atoms with E-state index < -0.39 is 0 Å². The molecule has 2 saturated carbocycles. The lowest BCUT2D eigenvalue weighted by atomic mass is 9.50. The first-order chi connectivity index (χ1) is 4.74. The zero-order valence-corrected chi connectivity index (χ0v) is 6.64. The molecular formula is C9H16O. The van der Waals surface area contributed by atoms with Gasteiger partial charge in [0.05, 0.1) is 6.10 Å². The number of hydrogen-bond acceptors (Lipinski definition) is 1. The quantitative estimate of drug-likeness (QED) is 0.590. The molecule has 0 unspecified atom stereocenters. The molecular weight excluding hydrogens is 124 g/mol. The molecule has 0 aromatic rings. The predicted molar refractivity (Wildman–Crippen MR) is 40.7 cm³/mol. The highest BCUT2D eigenvalue weighted by Gasteiger charge is 2.51. The fourth-order valence-electron chi connectivity index (χ4n) is 2.73. The highest BCUT2D eigenvalue weighted by molar-refractivity contribution is 5.02. The lowest BCUT2D eigenvalue weighted by molar-refractivity contribution is -0.111. The topological polar surface area (TPSA) is 20.2 Å². The summed E-state index contributed by atoms with van der Waals surface area (Å²) in [6, 6.07) is 0. The van der Waals surface area contributed by atoms with Crippen LogP contribution in [0.5, 0.6) is 0 Å². The van der Waals surface area contributed by atoms with Gasteiger partial charge in [-0.05, 0) is 37.0 Å². The third-order valence-corrected chi connectivity index (χ3v) is 3.36. The van der Waals surface area contributed by atoms with Crippen LogP contribution in [0.25, 0.3) is 0 Å². The van der Waals surface area contributed by atoms with Crippen molar-refractivity contribution in [3.8, 4) is 0 Å². The van der Waals surface area contributed by atoms with Crippen molar-refractivity contribution >= 4 is 0 Å². The van der Waals surface area contributed by atoms with Gasteiger partial charge in [0.15, 0.2) is 0 Å². The van der Waals surface area contributed by atoms with Gasteiger partial charge >= 0.3 is 0 Å². The molecule has 1 heteroatoms. The van der Waals surface area contributed by atoms with Crippen LogP contribution in [0, 0.1) is 11.3 Å². The van der Waals surface area contributed by atoms with E-state index in [1.807, 2.05) is 0 Å². The van der Waals surface area contributed by atoms with Crippen LogP contribution in [0.15, 0.2) is 0 Å². The van der Waals surface area contributed by atoms with Crippen LogP contribution in [0.2, 0.25) is 0 Å². The molecule has 2 fully saturated rings. The Morgan fingerprint density at radius 3 is 2.30 bits per heavy atom. The van der Waals surface area contributed by atoms with Crippen LogP contribution in [0.1, 0.15) is 39.0 Å². The van der Waals surface area contributed by atoms with E-state index in [0.29, 0.717) is 5.41 Å². The van der Waals surface area contributed by atoms with E-state index in [-0.39, 0.29) is 6.10 Å². The summed E-state index contributed by atoms with van der Waals surface area (Å²) in [5, 5.41) is 9.11. The minimum atomic E-state index is 0.0535. The first kappa shape index (κ1) is 6.66. The van der Waals surface area contributed by atoms with E-state index >= 15 is 0 Å². The Kier molecular flexibility index (Phi) is 1.31. The Balaban J connectivity index is 1.80. The van der Waals surface area contributed by atoms with E-state index in [1.165, 1.54) is 19.3 Å². The molecule has 2 rings (SSSR count). The van der Waals surface area contributed by atoms with Gasteiger partial charge in [-0.15, -0.1) is 0 Å². The summed E-state index contributed by atoms with van der Waals surface area (Å²) in [5.74, 6) is 0.993. The summed E-state index contributed by atoms with van der Waals surface area (Å²) in [5.41, 5.74) is 0.639. The highest BCUT2D eigenvalue weighted by atomic mass is 16.3. The number of aliphatic hydroxyl groups excluding tert-OH is 1. The van der Waals surface area contributed by atoms with Gasteiger partial charge < -0.3 is 5.11 Å². The van der Waals surface area contributed by atoms with Crippen LogP contribution in [-0.4, -0.2) is 11.2 Å². The summed E-state index contributed by atoms with van der Waals surface area (Å²) < 4.78 is 0. The molecule has 1 N–H and O–H groups in total. The van der Waals surface area contributed by atoms with Crippen LogP contribution in [0.3, 0.4) is 0 Å². The minimum absolute atomic E-state index is 0.0535. The van der Waals surface area contributed by atoms with Gasteiger partial charge in [0.1, 0.15) is 0 Å². The zero-order valence-electron chi connectivity index (χ0n) is 6.64. The summed E-state index contributed by atoms with van der Waals surface area (Å²) in [7, 11) is 0.